The number of nitrogens with one attached hydrogen (secondary N) is 1. The van der Waals surface area contributed by atoms with Gasteiger partial charge in [0.15, 0.2) is 0 Å². The maximum Gasteiger partial charge on any atom is 0.271 e. The highest BCUT2D eigenvalue weighted by Crippen LogP contribution is 2.21. The van der Waals surface area contributed by atoms with Gasteiger partial charge in [0.25, 0.3) is 5.56 Å². The molecule has 3 N–H and O–H groups in total. The van der Waals surface area contributed by atoms with E-state index in [2.05, 4.69) is 11.9 Å². The average molecular weight is 244 g/mol. The van der Waals surface area contributed by atoms with Gasteiger partial charge in [-0.05, 0) is 30.7 Å². The minimum absolute atomic E-state index is 0.220. The van der Waals surface area contributed by atoms with Gasteiger partial charge >= 0.3 is 0 Å². The summed E-state index contributed by atoms with van der Waals surface area (Å²) in [5.41, 5.74) is 7.08. The van der Waals surface area contributed by atoms with Crippen LogP contribution in [-0.2, 0) is 0 Å². The van der Waals surface area contributed by atoms with Crippen molar-refractivity contribution >= 4 is 5.69 Å². The molecule has 4 heteroatoms. The zero-order chi connectivity index (χ0) is 13.0. The third-order valence-electron chi connectivity index (χ3n) is 2.56. The van der Waals surface area contributed by atoms with Crippen LogP contribution in [0, 0.1) is 0 Å². The van der Waals surface area contributed by atoms with Gasteiger partial charge in [0, 0.05) is 11.3 Å². The molecular formula is C14H16N2O2. The molecule has 0 radical (unpaired) electrons. The first-order valence-corrected chi connectivity index (χ1v) is 5.92. The van der Waals surface area contributed by atoms with Crippen molar-refractivity contribution in [1.29, 1.82) is 0 Å². The van der Waals surface area contributed by atoms with Crippen LogP contribution in [0.3, 0.4) is 0 Å². The Morgan fingerprint density at radius 1 is 1.28 bits per heavy atom. The number of hydrogen-bond acceptors (Lipinski definition) is 3. The van der Waals surface area contributed by atoms with E-state index >= 15 is 0 Å². The lowest BCUT2D eigenvalue weighted by molar-refractivity contribution is 0.317. The van der Waals surface area contributed by atoms with E-state index in [1.54, 1.807) is 12.1 Å². The number of pyridine rings is 1. The molecule has 0 amide bonds. The predicted octanol–water partition coefficient (Wildman–Crippen LogP) is 2.41. The molecule has 1 aromatic carbocycles. The van der Waals surface area contributed by atoms with Crippen LogP contribution < -0.4 is 16.0 Å². The second-order valence-corrected chi connectivity index (χ2v) is 4.03. The molecule has 94 valence electrons. The number of H-pyrrole nitrogens is 1. The summed E-state index contributed by atoms with van der Waals surface area (Å²) in [6.45, 7) is 2.74. The molecule has 1 aromatic heterocycles. The number of benzene rings is 1. The summed E-state index contributed by atoms with van der Waals surface area (Å²) in [5.74, 6) is 0.798. The Kier molecular flexibility index (Phi) is 3.67. The first-order chi connectivity index (χ1) is 8.70. The lowest BCUT2D eigenvalue weighted by atomic mass is 10.1. The van der Waals surface area contributed by atoms with E-state index in [-0.39, 0.29) is 11.2 Å². The van der Waals surface area contributed by atoms with Crippen molar-refractivity contribution in [3.05, 3.63) is 46.8 Å². The molecule has 0 unspecified atom stereocenters. The highest BCUT2D eigenvalue weighted by atomic mass is 16.5. The largest absolute Gasteiger partial charge is 0.494 e. The van der Waals surface area contributed by atoms with Crippen molar-refractivity contribution in [2.75, 3.05) is 12.3 Å². The molecule has 0 saturated carbocycles. The molecule has 0 spiro atoms. The van der Waals surface area contributed by atoms with Crippen LogP contribution in [0.5, 0.6) is 5.75 Å². The summed E-state index contributed by atoms with van der Waals surface area (Å²) in [6, 6.07) is 11.0. The number of rotatable bonds is 4. The fourth-order valence-electron chi connectivity index (χ4n) is 1.63. The Bertz CT molecular complexity index is 590. The van der Waals surface area contributed by atoms with Crippen LogP contribution in [0.1, 0.15) is 13.3 Å². The highest BCUT2D eigenvalue weighted by molar-refractivity contribution is 5.62. The Morgan fingerprint density at radius 2 is 2.11 bits per heavy atom. The molecule has 0 atom stereocenters. The normalized spacial score (nSPS) is 10.3. The molecular weight excluding hydrogens is 228 g/mol. The Hall–Kier alpha value is -2.23. The minimum atomic E-state index is -0.271. The van der Waals surface area contributed by atoms with E-state index in [9.17, 15) is 4.79 Å². The van der Waals surface area contributed by atoms with Crippen molar-refractivity contribution in [2.24, 2.45) is 0 Å². The maximum atomic E-state index is 11.5. The van der Waals surface area contributed by atoms with Crippen LogP contribution in [0.2, 0.25) is 0 Å². The Labute approximate surface area is 105 Å². The standard InChI is InChI=1S/C14H16N2O2/c1-2-8-18-11-5-3-4-10(9-11)13-7-6-12(15)14(17)16-13/h3-7,9H,2,8,15H2,1H3,(H,16,17). The molecule has 0 saturated heterocycles. The predicted molar refractivity (Wildman–Crippen MR) is 72.7 cm³/mol. The zero-order valence-corrected chi connectivity index (χ0v) is 10.3. The van der Waals surface area contributed by atoms with E-state index in [0.29, 0.717) is 6.61 Å². The van der Waals surface area contributed by atoms with E-state index in [1.165, 1.54) is 0 Å². The first-order valence-electron chi connectivity index (χ1n) is 5.92. The fraction of sp³-hybridized carbons (Fsp3) is 0.214. The number of anilines is 1. The van der Waals surface area contributed by atoms with Crippen LogP contribution in [0.15, 0.2) is 41.2 Å². The van der Waals surface area contributed by atoms with Gasteiger partial charge < -0.3 is 15.5 Å². The van der Waals surface area contributed by atoms with Gasteiger partial charge in [-0.15, -0.1) is 0 Å². The van der Waals surface area contributed by atoms with Crippen molar-refractivity contribution < 1.29 is 4.74 Å². The topological polar surface area (TPSA) is 68.1 Å². The minimum Gasteiger partial charge on any atom is -0.494 e. The van der Waals surface area contributed by atoms with E-state index < -0.39 is 0 Å². The number of hydrogen-bond donors (Lipinski definition) is 2. The van der Waals surface area contributed by atoms with Gasteiger partial charge in [-0.2, -0.15) is 0 Å². The van der Waals surface area contributed by atoms with Crippen molar-refractivity contribution in [3.63, 3.8) is 0 Å². The molecule has 0 aliphatic carbocycles. The Balaban J connectivity index is 2.32. The highest BCUT2D eigenvalue weighted by Gasteiger charge is 2.02. The molecule has 0 bridgehead atoms. The average Bonchev–Trinajstić information content (AvgIpc) is 2.40. The lowest BCUT2D eigenvalue weighted by Crippen LogP contribution is -2.11. The van der Waals surface area contributed by atoms with E-state index in [4.69, 9.17) is 10.5 Å². The molecule has 2 rings (SSSR count). The summed E-state index contributed by atoms with van der Waals surface area (Å²) < 4.78 is 5.55. The van der Waals surface area contributed by atoms with Crippen LogP contribution in [0.4, 0.5) is 5.69 Å². The summed E-state index contributed by atoms with van der Waals surface area (Å²) >= 11 is 0. The summed E-state index contributed by atoms with van der Waals surface area (Å²) in [7, 11) is 0. The third kappa shape index (κ3) is 2.71. The number of aromatic nitrogens is 1. The molecule has 4 nitrogen and oxygen atoms in total. The maximum absolute atomic E-state index is 11.5. The van der Waals surface area contributed by atoms with E-state index in [0.717, 1.165) is 23.4 Å². The summed E-state index contributed by atoms with van der Waals surface area (Å²) in [6.07, 6.45) is 0.961. The van der Waals surface area contributed by atoms with Crippen LogP contribution in [0.25, 0.3) is 11.3 Å². The Morgan fingerprint density at radius 3 is 2.83 bits per heavy atom. The molecule has 0 aliphatic heterocycles. The second kappa shape index (κ2) is 5.40. The van der Waals surface area contributed by atoms with Crippen LogP contribution in [-0.4, -0.2) is 11.6 Å². The van der Waals surface area contributed by atoms with Crippen molar-refractivity contribution in [2.45, 2.75) is 13.3 Å². The monoisotopic (exact) mass is 244 g/mol. The quantitative estimate of drug-likeness (QED) is 0.867. The van der Waals surface area contributed by atoms with E-state index in [1.807, 2.05) is 24.3 Å². The molecule has 0 aliphatic rings. The molecule has 1 heterocycles. The van der Waals surface area contributed by atoms with Crippen molar-refractivity contribution in [1.82, 2.24) is 4.98 Å². The van der Waals surface area contributed by atoms with Gasteiger partial charge in [-0.1, -0.05) is 19.1 Å². The third-order valence-corrected chi connectivity index (χ3v) is 2.56. The second-order valence-electron chi connectivity index (χ2n) is 4.03. The number of nitrogen functional groups attached to an aromatic ring is 1. The van der Waals surface area contributed by atoms with Gasteiger partial charge in [-0.3, -0.25) is 4.79 Å². The number of nitrogens with two attached hydrogens (primary N) is 1. The van der Waals surface area contributed by atoms with Gasteiger partial charge in [0.2, 0.25) is 0 Å². The number of aromatic amines is 1. The molecule has 18 heavy (non-hydrogen) atoms. The molecule has 0 fully saturated rings. The summed E-state index contributed by atoms with van der Waals surface area (Å²) in [5, 5.41) is 0. The fourth-order valence-corrected chi connectivity index (χ4v) is 1.63. The van der Waals surface area contributed by atoms with Gasteiger partial charge in [0.1, 0.15) is 5.75 Å². The smallest absolute Gasteiger partial charge is 0.271 e. The molecule has 2 aromatic rings. The van der Waals surface area contributed by atoms with Gasteiger partial charge in [-0.25, -0.2) is 0 Å². The number of ether oxygens (including phenoxy) is 1. The SMILES string of the molecule is CCCOc1cccc(-c2ccc(N)c(=O)[nH]2)c1. The lowest BCUT2D eigenvalue weighted by Gasteiger charge is -2.07. The van der Waals surface area contributed by atoms with Crippen molar-refractivity contribution in [3.8, 4) is 17.0 Å². The first kappa shape index (κ1) is 12.2. The van der Waals surface area contributed by atoms with Crippen LogP contribution >= 0.6 is 0 Å². The van der Waals surface area contributed by atoms with Gasteiger partial charge in [0.05, 0.1) is 12.3 Å². The summed E-state index contributed by atoms with van der Waals surface area (Å²) in [4.78, 5) is 14.2. The zero-order valence-electron chi connectivity index (χ0n) is 10.3.